The molecule has 1 saturated heterocycles. The average molecular weight is 421 g/mol. The van der Waals surface area contributed by atoms with Crippen LogP contribution in [0.15, 0.2) is 66.7 Å². The Hall–Kier alpha value is -2.85. The van der Waals surface area contributed by atoms with Crippen molar-refractivity contribution in [2.24, 2.45) is 0 Å². The molecule has 1 fully saturated rings. The number of halogens is 1. The maximum atomic E-state index is 13.1. The molecule has 1 N–H and O–H groups in total. The Balaban J connectivity index is 1.28. The molecular weight excluding hydrogens is 396 g/mol. The Kier molecular flexibility index (Phi) is 6.34. The molecule has 1 aliphatic rings. The maximum absolute atomic E-state index is 13.1. The first-order valence-corrected chi connectivity index (χ1v) is 10.8. The lowest BCUT2D eigenvalue weighted by Crippen LogP contribution is -2.46. The van der Waals surface area contributed by atoms with Gasteiger partial charge in [-0.15, -0.1) is 0 Å². The first-order chi connectivity index (χ1) is 14.6. The highest BCUT2D eigenvalue weighted by molar-refractivity contribution is 6.30. The van der Waals surface area contributed by atoms with Crippen LogP contribution in [-0.2, 0) is 11.2 Å². The molecule has 0 saturated carbocycles. The van der Waals surface area contributed by atoms with Crippen molar-refractivity contribution in [2.75, 3.05) is 13.1 Å². The molecule has 1 aliphatic heterocycles. The molecule has 30 heavy (non-hydrogen) atoms. The first kappa shape index (κ1) is 20.4. The van der Waals surface area contributed by atoms with Crippen LogP contribution in [0.25, 0.3) is 10.8 Å². The lowest BCUT2D eigenvalue weighted by molar-refractivity contribution is -0.122. The molecule has 154 valence electrons. The molecule has 4 rings (SSSR count). The Morgan fingerprint density at radius 3 is 2.40 bits per heavy atom. The number of carbonyl (C=O) groups excluding carboxylic acids is 2. The molecule has 0 aliphatic carbocycles. The van der Waals surface area contributed by atoms with Gasteiger partial charge in [0.15, 0.2) is 0 Å². The molecule has 4 nitrogen and oxygen atoms in total. The van der Waals surface area contributed by atoms with E-state index >= 15 is 0 Å². The molecule has 0 aromatic heterocycles. The Morgan fingerprint density at radius 2 is 1.63 bits per heavy atom. The fourth-order valence-electron chi connectivity index (χ4n) is 4.02. The zero-order valence-corrected chi connectivity index (χ0v) is 17.6. The zero-order valence-electron chi connectivity index (χ0n) is 16.8. The third-order valence-corrected chi connectivity index (χ3v) is 5.97. The van der Waals surface area contributed by atoms with Crippen molar-refractivity contribution in [1.29, 1.82) is 0 Å². The van der Waals surface area contributed by atoms with E-state index in [4.69, 9.17) is 11.6 Å². The fourth-order valence-corrected chi connectivity index (χ4v) is 4.14. The lowest BCUT2D eigenvalue weighted by Gasteiger charge is -2.32. The third-order valence-electron chi connectivity index (χ3n) is 5.72. The van der Waals surface area contributed by atoms with Crippen molar-refractivity contribution >= 4 is 34.2 Å². The van der Waals surface area contributed by atoms with Crippen molar-refractivity contribution < 1.29 is 9.59 Å². The highest BCUT2D eigenvalue weighted by Gasteiger charge is 2.25. The predicted molar refractivity (Wildman–Crippen MR) is 121 cm³/mol. The van der Waals surface area contributed by atoms with E-state index in [0.717, 1.165) is 34.7 Å². The van der Waals surface area contributed by atoms with E-state index in [1.54, 1.807) is 0 Å². The molecule has 1 heterocycles. The molecule has 0 spiro atoms. The third kappa shape index (κ3) is 4.82. The number of rotatable bonds is 5. The summed E-state index contributed by atoms with van der Waals surface area (Å²) in [5, 5.41) is 5.89. The SMILES string of the molecule is O=C(CCc1ccc(Cl)cc1)NC1CCN(C(=O)c2cccc3ccccc23)CC1. The number of piperidine rings is 1. The standard InChI is InChI=1S/C25H25ClN2O2/c26-20-11-8-18(9-12-20)10-13-24(29)27-21-14-16-28(17-15-21)25(30)23-7-3-5-19-4-1-2-6-22(19)23/h1-9,11-12,21H,10,13-17H2,(H,27,29). The van der Waals surface area contributed by atoms with E-state index in [-0.39, 0.29) is 17.9 Å². The normalized spacial score (nSPS) is 14.6. The fraction of sp³-hybridized carbons (Fsp3) is 0.280. The summed E-state index contributed by atoms with van der Waals surface area (Å²) < 4.78 is 0. The predicted octanol–water partition coefficient (Wildman–Crippen LogP) is 4.85. The monoisotopic (exact) mass is 420 g/mol. The van der Waals surface area contributed by atoms with E-state index < -0.39 is 0 Å². The number of hydrogen-bond donors (Lipinski definition) is 1. The van der Waals surface area contributed by atoms with Crippen molar-refractivity contribution in [3.05, 3.63) is 82.9 Å². The second-order valence-corrected chi connectivity index (χ2v) is 8.22. The Morgan fingerprint density at radius 1 is 0.933 bits per heavy atom. The average Bonchev–Trinajstić information content (AvgIpc) is 2.78. The number of nitrogens with zero attached hydrogens (tertiary/aromatic N) is 1. The maximum Gasteiger partial charge on any atom is 0.254 e. The van der Waals surface area contributed by atoms with Crippen LogP contribution in [0.5, 0.6) is 0 Å². The van der Waals surface area contributed by atoms with Gasteiger partial charge in [-0.05, 0) is 53.8 Å². The molecule has 0 unspecified atom stereocenters. The van der Waals surface area contributed by atoms with E-state index in [1.165, 1.54) is 0 Å². The molecule has 3 aromatic carbocycles. The van der Waals surface area contributed by atoms with Crippen LogP contribution in [0, 0.1) is 0 Å². The number of benzene rings is 3. The molecule has 5 heteroatoms. The second-order valence-electron chi connectivity index (χ2n) is 7.79. The largest absolute Gasteiger partial charge is 0.353 e. The number of nitrogens with one attached hydrogen (secondary N) is 1. The van der Waals surface area contributed by atoms with Gasteiger partial charge in [0.1, 0.15) is 0 Å². The highest BCUT2D eigenvalue weighted by atomic mass is 35.5. The Bertz CT molecular complexity index is 1040. The van der Waals surface area contributed by atoms with Crippen molar-refractivity contribution in [1.82, 2.24) is 10.2 Å². The number of amides is 2. The van der Waals surface area contributed by atoms with Gasteiger partial charge in [0.05, 0.1) is 0 Å². The summed E-state index contributed by atoms with van der Waals surface area (Å²) in [6, 6.07) is 21.5. The number of aryl methyl sites for hydroxylation is 1. The van der Waals surface area contributed by atoms with Gasteiger partial charge in [0.2, 0.25) is 5.91 Å². The van der Waals surface area contributed by atoms with E-state index in [1.807, 2.05) is 71.6 Å². The van der Waals surface area contributed by atoms with Crippen LogP contribution in [0.1, 0.15) is 35.2 Å². The summed E-state index contributed by atoms with van der Waals surface area (Å²) >= 11 is 5.90. The van der Waals surface area contributed by atoms with Gasteiger partial charge < -0.3 is 10.2 Å². The van der Waals surface area contributed by atoms with Gasteiger partial charge in [-0.25, -0.2) is 0 Å². The molecule has 0 radical (unpaired) electrons. The second kappa shape index (κ2) is 9.31. The van der Waals surface area contributed by atoms with E-state index in [2.05, 4.69) is 5.32 Å². The Labute approximate surface area is 181 Å². The summed E-state index contributed by atoms with van der Waals surface area (Å²) in [6.45, 7) is 1.31. The minimum Gasteiger partial charge on any atom is -0.353 e. The topological polar surface area (TPSA) is 49.4 Å². The van der Waals surface area contributed by atoms with Crippen LogP contribution in [0.3, 0.4) is 0 Å². The zero-order chi connectivity index (χ0) is 20.9. The van der Waals surface area contributed by atoms with Crippen LogP contribution in [-0.4, -0.2) is 35.8 Å². The van der Waals surface area contributed by atoms with Crippen molar-refractivity contribution in [3.8, 4) is 0 Å². The number of fused-ring (bicyclic) bond motifs is 1. The quantitative estimate of drug-likeness (QED) is 0.641. The van der Waals surface area contributed by atoms with Gasteiger partial charge in [0, 0.05) is 36.1 Å². The molecule has 0 bridgehead atoms. The van der Waals surface area contributed by atoms with E-state index in [0.29, 0.717) is 31.0 Å². The minimum absolute atomic E-state index is 0.0591. The van der Waals surface area contributed by atoms with Crippen LogP contribution < -0.4 is 5.32 Å². The van der Waals surface area contributed by atoms with Gasteiger partial charge in [-0.2, -0.15) is 0 Å². The molecule has 3 aromatic rings. The summed E-state index contributed by atoms with van der Waals surface area (Å²) in [5.74, 6) is 0.128. The molecular formula is C25H25ClN2O2. The number of likely N-dealkylation sites (tertiary alicyclic amines) is 1. The number of carbonyl (C=O) groups is 2. The van der Waals surface area contributed by atoms with Crippen molar-refractivity contribution in [3.63, 3.8) is 0 Å². The summed E-state index contributed by atoms with van der Waals surface area (Å²) in [4.78, 5) is 27.3. The van der Waals surface area contributed by atoms with Crippen LogP contribution in [0.2, 0.25) is 5.02 Å². The van der Waals surface area contributed by atoms with Gasteiger partial charge >= 0.3 is 0 Å². The van der Waals surface area contributed by atoms with Gasteiger partial charge in [-0.3, -0.25) is 9.59 Å². The lowest BCUT2D eigenvalue weighted by atomic mass is 10.0. The summed E-state index contributed by atoms with van der Waals surface area (Å²) in [7, 11) is 0. The van der Waals surface area contributed by atoms with Crippen LogP contribution >= 0.6 is 11.6 Å². The van der Waals surface area contributed by atoms with Crippen LogP contribution in [0.4, 0.5) is 0 Å². The minimum atomic E-state index is 0.0591. The van der Waals surface area contributed by atoms with Gasteiger partial charge in [0.25, 0.3) is 5.91 Å². The molecule has 2 amide bonds. The first-order valence-electron chi connectivity index (χ1n) is 10.4. The van der Waals surface area contributed by atoms with Crippen molar-refractivity contribution in [2.45, 2.75) is 31.7 Å². The summed E-state index contributed by atoms with van der Waals surface area (Å²) in [6.07, 6.45) is 2.71. The van der Waals surface area contributed by atoms with E-state index in [9.17, 15) is 9.59 Å². The smallest absolute Gasteiger partial charge is 0.254 e. The summed E-state index contributed by atoms with van der Waals surface area (Å²) in [5.41, 5.74) is 1.85. The highest BCUT2D eigenvalue weighted by Crippen LogP contribution is 2.22. The number of hydrogen-bond acceptors (Lipinski definition) is 2. The molecule has 0 atom stereocenters. The van der Waals surface area contributed by atoms with Gasteiger partial charge in [-0.1, -0.05) is 60.1 Å².